The molecule has 0 spiro atoms. The van der Waals surface area contributed by atoms with E-state index in [1.807, 2.05) is 0 Å². The number of sulfonamides is 1. The fraction of sp³-hybridized carbons (Fsp3) is 0.308. The summed E-state index contributed by atoms with van der Waals surface area (Å²) in [6.07, 6.45) is 1.15. The first-order valence-corrected chi connectivity index (χ1v) is 13.0. The van der Waals surface area contributed by atoms with Gasteiger partial charge in [0.25, 0.3) is 15.7 Å². The molecule has 0 aromatic heterocycles. The number of methoxy groups -OCH3 is 2. The van der Waals surface area contributed by atoms with Crippen LogP contribution >= 0.6 is 0 Å². The maximum Gasteiger partial charge on any atom is 0.273 e. The fourth-order valence-electron chi connectivity index (χ4n) is 4.53. The smallest absolute Gasteiger partial charge is 0.273 e. The number of nitrogens with zero attached hydrogens (tertiary/aromatic N) is 3. The number of nitro benzene ring substituents is 1. The van der Waals surface area contributed by atoms with Gasteiger partial charge < -0.3 is 9.47 Å². The first-order valence-electron chi connectivity index (χ1n) is 11.6. The van der Waals surface area contributed by atoms with E-state index in [1.54, 1.807) is 73.8 Å². The van der Waals surface area contributed by atoms with E-state index in [4.69, 9.17) is 9.47 Å². The molecule has 0 bridgehead atoms. The quantitative estimate of drug-likeness (QED) is 0.308. The predicted octanol–water partition coefficient (Wildman–Crippen LogP) is 4.47. The molecule has 0 unspecified atom stereocenters. The molecule has 1 aliphatic rings. The number of hydrogen-bond donors (Lipinski definition) is 0. The minimum atomic E-state index is -3.88. The third-order valence-electron chi connectivity index (χ3n) is 6.40. The third kappa shape index (κ3) is 5.44. The monoisotopic (exact) mass is 511 g/mol. The van der Waals surface area contributed by atoms with Gasteiger partial charge in [-0.05, 0) is 49.2 Å². The van der Waals surface area contributed by atoms with Crippen LogP contribution in [0.25, 0.3) is 0 Å². The molecule has 0 amide bonds. The number of anilines is 1. The minimum absolute atomic E-state index is 0.0970. The van der Waals surface area contributed by atoms with Gasteiger partial charge in [-0.25, -0.2) is 8.42 Å². The maximum atomic E-state index is 13.9. The standard InChI is InChI=1S/C26H29N3O6S/c1-34-23-10-12-25(13-11-23)36(32,33)28(22-7-5-8-24(18-22)35-2)21-14-16-27(17-15-21)19-20-6-3-4-9-26(20)29(30)31/h3-13,18,21H,14-17,19H2,1-2H3. The highest BCUT2D eigenvalue weighted by Gasteiger charge is 2.34. The number of ether oxygens (including phenoxy) is 2. The van der Waals surface area contributed by atoms with Gasteiger partial charge in [0.05, 0.1) is 29.7 Å². The molecule has 1 saturated heterocycles. The lowest BCUT2D eigenvalue weighted by molar-refractivity contribution is -0.385. The molecular weight excluding hydrogens is 482 g/mol. The molecule has 0 aliphatic carbocycles. The van der Waals surface area contributed by atoms with Gasteiger partial charge in [-0.1, -0.05) is 24.3 Å². The second kappa shape index (κ2) is 11.0. The van der Waals surface area contributed by atoms with Gasteiger partial charge in [0.1, 0.15) is 11.5 Å². The van der Waals surface area contributed by atoms with Gasteiger partial charge in [-0.3, -0.25) is 19.3 Å². The summed E-state index contributed by atoms with van der Waals surface area (Å²) < 4.78 is 39.8. The number of benzene rings is 3. The summed E-state index contributed by atoms with van der Waals surface area (Å²) in [6.45, 7) is 1.65. The van der Waals surface area contributed by atoms with Crippen LogP contribution in [0, 0.1) is 10.1 Å². The van der Waals surface area contributed by atoms with Crippen molar-refractivity contribution in [1.82, 2.24) is 4.90 Å². The second-order valence-electron chi connectivity index (χ2n) is 8.57. The number of rotatable bonds is 9. The van der Waals surface area contributed by atoms with E-state index in [2.05, 4.69) is 4.90 Å². The zero-order chi connectivity index (χ0) is 25.7. The molecule has 36 heavy (non-hydrogen) atoms. The summed E-state index contributed by atoms with van der Waals surface area (Å²) in [7, 11) is -0.808. The molecular formula is C26H29N3O6S. The zero-order valence-corrected chi connectivity index (χ0v) is 21.1. The van der Waals surface area contributed by atoms with E-state index >= 15 is 0 Å². The largest absolute Gasteiger partial charge is 0.497 e. The molecule has 1 aliphatic heterocycles. The van der Waals surface area contributed by atoms with Crippen molar-refractivity contribution in [2.24, 2.45) is 0 Å². The number of para-hydroxylation sites is 1. The van der Waals surface area contributed by atoms with Gasteiger partial charge in [-0.2, -0.15) is 0 Å². The Morgan fingerprint density at radius 3 is 2.25 bits per heavy atom. The Morgan fingerprint density at radius 1 is 0.944 bits per heavy atom. The van der Waals surface area contributed by atoms with Crippen LogP contribution in [0.2, 0.25) is 0 Å². The molecule has 1 heterocycles. The Hall–Kier alpha value is -3.63. The van der Waals surface area contributed by atoms with Crippen LogP contribution in [0.4, 0.5) is 11.4 Å². The normalized spacial score (nSPS) is 14.8. The van der Waals surface area contributed by atoms with Crippen molar-refractivity contribution in [2.45, 2.75) is 30.3 Å². The first-order chi connectivity index (χ1) is 17.3. The Balaban J connectivity index is 1.60. The molecule has 0 radical (unpaired) electrons. The van der Waals surface area contributed by atoms with Crippen molar-refractivity contribution in [3.63, 3.8) is 0 Å². The molecule has 4 rings (SSSR count). The van der Waals surface area contributed by atoms with E-state index in [-0.39, 0.29) is 21.5 Å². The lowest BCUT2D eigenvalue weighted by Gasteiger charge is -2.39. The molecule has 0 saturated carbocycles. The average Bonchev–Trinajstić information content (AvgIpc) is 2.90. The maximum absolute atomic E-state index is 13.9. The van der Waals surface area contributed by atoms with Crippen LogP contribution in [0.15, 0.2) is 77.7 Å². The highest BCUT2D eigenvalue weighted by atomic mass is 32.2. The minimum Gasteiger partial charge on any atom is -0.497 e. The second-order valence-corrected chi connectivity index (χ2v) is 10.4. The molecule has 9 nitrogen and oxygen atoms in total. The summed E-state index contributed by atoms with van der Waals surface area (Å²) in [5.74, 6) is 1.14. The summed E-state index contributed by atoms with van der Waals surface area (Å²) in [4.78, 5) is 13.3. The molecule has 0 atom stereocenters. The number of hydrogen-bond acceptors (Lipinski definition) is 7. The number of likely N-dealkylation sites (tertiary alicyclic amines) is 1. The van der Waals surface area contributed by atoms with Crippen molar-refractivity contribution in [3.05, 3.63) is 88.5 Å². The van der Waals surface area contributed by atoms with Crippen LogP contribution in [0.1, 0.15) is 18.4 Å². The summed E-state index contributed by atoms with van der Waals surface area (Å²) in [6, 6.07) is 19.8. The van der Waals surface area contributed by atoms with Gasteiger partial charge in [0.2, 0.25) is 0 Å². The van der Waals surface area contributed by atoms with Crippen molar-refractivity contribution in [3.8, 4) is 11.5 Å². The van der Waals surface area contributed by atoms with Crippen LogP contribution in [0.5, 0.6) is 11.5 Å². The summed E-state index contributed by atoms with van der Waals surface area (Å²) in [5, 5.41) is 11.4. The Kier molecular flexibility index (Phi) is 7.76. The Bertz CT molecular complexity index is 1310. The van der Waals surface area contributed by atoms with Crippen LogP contribution < -0.4 is 13.8 Å². The summed E-state index contributed by atoms with van der Waals surface area (Å²) in [5.41, 5.74) is 1.28. The van der Waals surface area contributed by atoms with E-state index in [0.717, 1.165) is 0 Å². The zero-order valence-electron chi connectivity index (χ0n) is 20.2. The predicted molar refractivity (Wildman–Crippen MR) is 137 cm³/mol. The van der Waals surface area contributed by atoms with E-state index in [1.165, 1.54) is 17.5 Å². The average molecular weight is 512 g/mol. The molecule has 190 valence electrons. The molecule has 0 N–H and O–H groups in total. The van der Waals surface area contributed by atoms with Crippen molar-refractivity contribution < 1.29 is 22.8 Å². The van der Waals surface area contributed by atoms with Gasteiger partial charge in [-0.15, -0.1) is 0 Å². The molecule has 1 fully saturated rings. The topological polar surface area (TPSA) is 102 Å². The lowest BCUT2D eigenvalue weighted by Crippen LogP contribution is -2.47. The third-order valence-corrected chi connectivity index (χ3v) is 8.29. The summed E-state index contributed by atoms with van der Waals surface area (Å²) >= 11 is 0. The van der Waals surface area contributed by atoms with Gasteiger partial charge in [0, 0.05) is 43.4 Å². The molecule has 10 heteroatoms. The van der Waals surface area contributed by atoms with E-state index < -0.39 is 10.0 Å². The number of nitro groups is 1. The first kappa shape index (κ1) is 25.5. The Morgan fingerprint density at radius 2 is 1.61 bits per heavy atom. The molecule has 3 aromatic rings. The van der Waals surface area contributed by atoms with Crippen molar-refractivity contribution in [2.75, 3.05) is 31.6 Å². The van der Waals surface area contributed by atoms with Crippen LogP contribution in [-0.2, 0) is 16.6 Å². The van der Waals surface area contributed by atoms with Crippen molar-refractivity contribution >= 4 is 21.4 Å². The highest BCUT2D eigenvalue weighted by molar-refractivity contribution is 7.92. The van der Waals surface area contributed by atoms with Gasteiger partial charge >= 0.3 is 0 Å². The SMILES string of the molecule is COc1ccc(S(=O)(=O)N(c2cccc(OC)c2)C2CCN(Cc3ccccc3[N+](=O)[O-])CC2)cc1. The van der Waals surface area contributed by atoms with Crippen molar-refractivity contribution in [1.29, 1.82) is 0 Å². The van der Waals surface area contributed by atoms with E-state index in [0.29, 0.717) is 55.2 Å². The molecule has 3 aromatic carbocycles. The highest BCUT2D eigenvalue weighted by Crippen LogP contribution is 2.33. The fourth-order valence-corrected chi connectivity index (χ4v) is 6.23. The van der Waals surface area contributed by atoms with Gasteiger partial charge in [0.15, 0.2) is 0 Å². The Labute approximate surface area is 211 Å². The number of piperidine rings is 1. The van der Waals surface area contributed by atoms with Crippen LogP contribution in [-0.4, -0.2) is 51.6 Å². The van der Waals surface area contributed by atoms with Crippen LogP contribution in [0.3, 0.4) is 0 Å². The van der Waals surface area contributed by atoms with E-state index in [9.17, 15) is 18.5 Å². The lowest BCUT2D eigenvalue weighted by atomic mass is 10.0.